The molecule has 1 aliphatic carbocycles. The van der Waals surface area contributed by atoms with Crippen LogP contribution in [0.5, 0.6) is 0 Å². The third-order valence-corrected chi connectivity index (χ3v) is 8.75. The zero-order valence-electron chi connectivity index (χ0n) is 24.9. The van der Waals surface area contributed by atoms with Crippen molar-refractivity contribution >= 4 is 23.5 Å². The molecule has 2 aromatic rings. The molecule has 236 valence electrons. The summed E-state index contributed by atoms with van der Waals surface area (Å²) in [5.41, 5.74) is 0.0940. The van der Waals surface area contributed by atoms with Crippen LogP contribution in [0.2, 0.25) is 0 Å². The Balaban J connectivity index is 1.39. The van der Waals surface area contributed by atoms with Crippen molar-refractivity contribution in [1.29, 1.82) is 0 Å². The Morgan fingerprint density at radius 3 is 2.44 bits per heavy atom. The van der Waals surface area contributed by atoms with Gasteiger partial charge in [-0.05, 0) is 95.3 Å². The third kappa shape index (κ3) is 8.87. The molecule has 2 N–H and O–H groups in total. The van der Waals surface area contributed by atoms with Gasteiger partial charge in [0, 0.05) is 43.0 Å². The van der Waals surface area contributed by atoms with Crippen LogP contribution in [0.1, 0.15) is 73.0 Å². The van der Waals surface area contributed by atoms with Gasteiger partial charge in [-0.3, -0.25) is 9.59 Å². The molecule has 0 bridgehead atoms. The number of amides is 2. The molecule has 1 saturated carbocycles. The van der Waals surface area contributed by atoms with Gasteiger partial charge in [-0.1, -0.05) is 12.8 Å². The Bertz CT molecular complexity index is 1220. The number of piperidine rings is 1. The summed E-state index contributed by atoms with van der Waals surface area (Å²) in [6, 6.07) is 6.93. The Kier molecular flexibility index (Phi) is 11.3. The maximum atomic E-state index is 13.8. The van der Waals surface area contributed by atoms with Crippen LogP contribution in [0.4, 0.5) is 29.2 Å². The molecular weight excluding hydrogens is 564 g/mol. The van der Waals surface area contributed by atoms with Gasteiger partial charge in [0.2, 0.25) is 11.9 Å². The van der Waals surface area contributed by atoms with Crippen molar-refractivity contribution in [2.75, 3.05) is 45.7 Å². The number of benzene rings is 1. The lowest BCUT2D eigenvalue weighted by molar-refractivity contribution is -0.138. The van der Waals surface area contributed by atoms with E-state index in [1.165, 1.54) is 0 Å². The van der Waals surface area contributed by atoms with Crippen molar-refractivity contribution in [2.45, 2.75) is 70.0 Å². The lowest BCUT2D eigenvalue weighted by atomic mass is 9.76. The van der Waals surface area contributed by atoms with E-state index in [1.807, 2.05) is 7.05 Å². The van der Waals surface area contributed by atoms with Crippen LogP contribution in [0.3, 0.4) is 0 Å². The second kappa shape index (κ2) is 14.9. The van der Waals surface area contributed by atoms with E-state index in [4.69, 9.17) is 0 Å². The van der Waals surface area contributed by atoms with E-state index in [9.17, 15) is 27.2 Å². The fraction of sp³-hybridized carbons (Fsp3) is 0.613. The van der Waals surface area contributed by atoms with E-state index in [0.29, 0.717) is 30.5 Å². The summed E-state index contributed by atoms with van der Waals surface area (Å²) in [5, 5.41) is 5.58. The molecule has 43 heavy (non-hydrogen) atoms. The topological polar surface area (TPSA) is 90.5 Å². The molecule has 2 heterocycles. The van der Waals surface area contributed by atoms with E-state index in [0.717, 1.165) is 51.4 Å². The maximum Gasteiger partial charge on any atom is 0.419 e. The van der Waals surface area contributed by atoms with Gasteiger partial charge in [0.05, 0.1) is 11.3 Å². The number of nitrogens with zero attached hydrogens (tertiary/aromatic N) is 4. The molecule has 4 rings (SSSR count). The van der Waals surface area contributed by atoms with Crippen LogP contribution in [-0.4, -0.2) is 78.0 Å². The van der Waals surface area contributed by atoms with Gasteiger partial charge < -0.3 is 20.4 Å². The van der Waals surface area contributed by atoms with Crippen molar-refractivity contribution in [3.05, 3.63) is 47.3 Å². The number of aryl methyl sites for hydroxylation is 1. The molecule has 1 aromatic carbocycles. The third-order valence-electron chi connectivity index (χ3n) is 8.75. The highest BCUT2D eigenvalue weighted by Crippen LogP contribution is 2.36. The summed E-state index contributed by atoms with van der Waals surface area (Å²) < 4.78 is 53.9. The van der Waals surface area contributed by atoms with Crippen molar-refractivity contribution in [1.82, 2.24) is 25.1 Å². The van der Waals surface area contributed by atoms with Crippen molar-refractivity contribution in [3.63, 3.8) is 0 Å². The Morgan fingerprint density at radius 1 is 1.07 bits per heavy atom. The molecule has 1 aromatic heterocycles. The van der Waals surface area contributed by atoms with Gasteiger partial charge in [0.15, 0.2) is 0 Å². The molecular formula is C31H42F4N6O2. The van der Waals surface area contributed by atoms with Gasteiger partial charge >= 0.3 is 6.18 Å². The molecule has 8 nitrogen and oxygen atoms in total. The summed E-state index contributed by atoms with van der Waals surface area (Å²) in [7, 11) is 3.89. The summed E-state index contributed by atoms with van der Waals surface area (Å²) in [6.45, 7) is 1.23. The molecule has 0 radical (unpaired) electrons. The van der Waals surface area contributed by atoms with Crippen LogP contribution in [0, 0.1) is 11.8 Å². The Hall–Kier alpha value is -3.28. The van der Waals surface area contributed by atoms with Gasteiger partial charge in [-0.2, -0.15) is 13.2 Å². The van der Waals surface area contributed by atoms with Gasteiger partial charge in [0.25, 0.3) is 5.91 Å². The number of anilines is 2. The number of hydrogen-bond donors (Lipinski definition) is 2. The van der Waals surface area contributed by atoms with E-state index < -0.39 is 18.4 Å². The predicted molar refractivity (Wildman–Crippen MR) is 157 cm³/mol. The molecule has 1 saturated heterocycles. The minimum Gasteiger partial charge on any atom is -0.353 e. The molecule has 1 aliphatic heterocycles. The van der Waals surface area contributed by atoms with E-state index in [1.54, 1.807) is 29.2 Å². The molecule has 0 spiro atoms. The minimum atomic E-state index is -4.60. The van der Waals surface area contributed by atoms with Crippen LogP contribution in [0.25, 0.3) is 0 Å². The molecule has 12 heteroatoms. The lowest BCUT2D eigenvalue weighted by Crippen LogP contribution is -2.44. The first-order valence-electron chi connectivity index (χ1n) is 15.2. The fourth-order valence-corrected chi connectivity index (χ4v) is 6.21. The Labute approximate surface area is 250 Å². The van der Waals surface area contributed by atoms with Gasteiger partial charge in [0.1, 0.15) is 6.67 Å². The summed E-state index contributed by atoms with van der Waals surface area (Å²) in [6.07, 6.45) is 2.53. The van der Waals surface area contributed by atoms with E-state index >= 15 is 0 Å². The number of carbonyl (C=O) groups excluding carboxylic acids is 2. The second-order valence-electron chi connectivity index (χ2n) is 11.7. The van der Waals surface area contributed by atoms with Crippen LogP contribution < -0.4 is 10.6 Å². The smallest absolute Gasteiger partial charge is 0.353 e. The Morgan fingerprint density at radius 2 is 1.77 bits per heavy atom. The molecule has 2 aliphatic rings. The first-order valence-corrected chi connectivity index (χ1v) is 15.2. The highest BCUT2D eigenvalue weighted by molar-refractivity contribution is 5.94. The zero-order chi connectivity index (χ0) is 31.0. The number of alkyl halides is 4. The van der Waals surface area contributed by atoms with Crippen LogP contribution in [0.15, 0.2) is 30.5 Å². The standard InChI is InChI=1S/C31H42F4N6O2/c1-40-18-14-24(15-19-40)41(2)29(43)22-10-12-23(13-11-22)38-30-37-20-26(31(33,34)35)27(39-30)9-5-7-21-6-3-4-8-25(21)28(42)36-17-16-32/h10-13,20-21,24-25H,3-9,14-19H2,1-2H3,(H,36,42)(H,37,38,39). The summed E-state index contributed by atoms with van der Waals surface area (Å²) >= 11 is 0. The van der Waals surface area contributed by atoms with Crippen LogP contribution >= 0.6 is 0 Å². The summed E-state index contributed by atoms with van der Waals surface area (Å²) in [5.74, 6) is -0.417. The number of carbonyl (C=O) groups is 2. The van der Waals surface area contributed by atoms with Gasteiger partial charge in [-0.15, -0.1) is 0 Å². The monoisotopic (exact) mass is 606 g/mol. The average molecular weight is 607 g/mol. The van der Waals surface area contributed by atoms with E-state index in [-0.39, 0.29) is 54.3 Å². The molecule has 2 atom stereocenters. The number of hydrogen-bond acceptors (Lipinski definition) is 6. The molecule has 2 unspecified atom stereocenters. The quantitative estimate of drug-likeness (QED) is 0.323. The average Bonchev–Trinajstić information content (AvgIpc) is 2.99. The largest absolute Gasteiger partial charge is 0.419 e. The highest BCUT2D eigenvalue weighted by Gasteiger charge is 2.35. The van der Waals surface area contributed by atoms with E-state index in [2.05, 4.69) is 32.5 Å². The van der Waals surface area contributed by atoms with Crippen LogP contribution in [-0.2, 0) is 17.4 Å². The fourth-order valence-electron chi connectivity index (χ4n) is 6.21. The van der Waals surface area contributed by atoms with Crippen molar-refractivity contribution in [2.24, 2.45) is 11.8 Å². The van der Waals surface area contributed by atoms with Gasteiger partial charge in [-0.25, -0.2) is 14.4 Å². The second-order valence-corrected chi connectivity index (χ2v) is 11.7. The number of likely N-dealkylation sites (tertiary alicyclic amines) is 1. The number of aromatic nitrogens is 2. The first-order chi connectivity index (χ1) is 20.6. The number of rotatable bonds is 11. The normalized spacial score (nSPS) is 20.0. The van der Waals surface area contributed by atoms with Crippen molar-refractivity contribution in [3.8, 4) is 0 Å². The van der Waals surface area contributed by atoms with Crippen molar-refractivity contribution < 1.29 is 27.2 Å². The predicted octanol–water partition coefficient (Wildman–Crippen LogP) is 5.62. The lowest BCUT2D eigenvalue weighted by Gasteiger charge is -2.35. The number of nitrogens with one attached hydrogen (secondary N) is 2. The molecule has 2 fully saturated rings. The number of halogens is 4. The summed E-state index contributed by atoms with van der Waals surface area (Å²) in [4.78, 5) is 37.7. The first kappa shape index (κ1) is 32.6. The SMILES string of the molecule is CN1CCC(N(C)C(=O)c2ccc(Nc3ncc(C(F)(F)F)c(CCCC4CCCCC4C(=O)NCCF)n3)cc2)CC1. The highest BCUT2D eigenvalue weighted by atomic mass is 19.4. The minimum absolute atomic E-state index is 0.0255. The molecule has 2 amide bonds. The maximum absolute atomic E-state index is 13.8. The zero-order valence-corrected chi connectivity index (χ0v) is 24.9.